The number of nitrogens with zero attached hydrogens (tertiary/aromatic N) is 3. The van der Waals surface area contributed by atoms with Crippen LogP contribution in [0.15, 0.2) is 48.5 Å². The molecule has 0 saturated carbocycles. The zero-order chi connectivity index (χ0) is 20.4. The maximum Gasteiger partial charge on any atom is 0.244 e. The van der Waals surface area contributed by atoms with Crippen molar-refractivity contribution < 1.29 is 9.59 Å². The molecule has 1 saturated heterocycles. The molecule has 1 N–H and O–H groups in total. The van der Waals surface area contributed by atoms with Gasteiger partial charge in [0.2, 0.25) is 11.8 Å². The zero-order valence-corrected chi connectivity index (χ0v) is 17.1. The van der Waals surface area contributed by atoms with Gasteiger partial charge in [-0.25, -0.2) is 0 Å². The molecule has 6 heteroatoms. The molecule has 0 aromatic heterocycles. The minimum absolute atomic E-state index is 0.0540. The van der Waals surface area contributed by atoms with Gasteiger partial charge in [0.05, 0.1) is 17.4 Å². The van der Waals surface area contributed by atoms with Crippen molar-refractivity contribution in [3.63, 3.8) is 0 Å². The van der Waals surface area contributed by atoms with Gasteiger partial charge in [0.25, 0.3) is 0 Å². The normalized spacial score (nSPS) is 17.3. The van der Waals surface area contributed by atoms with E-state index in [1.54, 1.807) is 4.90 Å². The fourth-order valence-corrected chi connectivity index (χ4v) is 4.16. The van der Waals surface area contributed by atoms with Gasteiger partial charge in [0.1, 0.15) is 6.54 Å². The fourth-order valence-electron chi connectivity index (χ4n) is 4.16. The summed E-state index contributed by atoms with van der Waals surface area (Å²) in [6.07, 6.45) is 2.46. The summed E-state index contributed by atoms with van der Waals surface area (Å²) < 4.78 is 0. The molecule has 0 aliphatic carbocycles. The van der Waals surface area contributed by atoms with Crippen LogP contribution in [-0.2, 0) is 16.1 Å². The molecule has 29 heavy (non-hydrogen) atoms. The predicted molar refractivity (Wildman–Crippen MR) is 116 cm³/mol. The maximum atomic E-state index is 13.3. The molecule has 0 unspecified atom stereocenters. The van der Waals surface area contributed by atoms with Crippen LogP contribution < -0.4 is 15.1 Å². The Morgan fingerprint density at radius 2 is 1.72 bits per heavy atom. The third-order valence-corrected chi connectivity index (χ3v) is 5.91. The maximum absolute atomic E-state index is 13.3. The van der Waals surface area contributed by atoms with Crippen LogP contribution in [0.1, 0.15) is 25.3 Å². The zero-order valence-electron chi connectivity index (χ0n) is 17.1. The summed E-state index contributed by atoms with van der Waals surface area (Å²) in [5, 5.41) is 2.84. The van der Waals surface area contributed by atoms with Crippen molar-refractivity contribution in [1.29, 1.82) is 0 Å². The number of rotatable bonds is 5. The molecule has 2 aliphatic rings. The van der Waals surface area contributed by atoms with E-state index in [9.17, 15) is 9.59 Å². The van der Waals surface area contributed by atoms with E-state index in [1.807, 2.05) is 38.2 Å². The smallest absolute Gasteiger partial charge is 0.244 e. The monoisotopic (exact) mass is 392 g/mol. The first kappa shape index (κ1) is 19.5. The van der Waals surface area contributed by atoms with Gasteiger partial charge in [-0.05, 0) is 50.6 Å². The lowest BCUT2D eigenvalue weighted by atomic mass is 10.1. The number of hydrogen-bond acceptors (Lipinski definition) is 4. The van der Waals surface area contributed by atoms with E-state index in [0.717, 1.165) is 18.8 Å². The second-order valence-corrected chi connectivity index (χ2v) is 7.90. The van der Waals surface area contributed by atoms with E-state index in [2.05, 4.69) is 39.4 Å². The summed E-state index contributed by atoms with van der Waals surface area (Å²) >= 11 is 0. The van der Waals surface area contributed by atoms with Crippen molar-refractivity contribution in [2.75, 3.05) is 41.8 Å². The van der Waals surface area contributed by atoms with Gasteiger partial charge in [-0.2, -0.15) is 0 Å². The lowest BCUT2D eigenvalue weighted by Crippen LogP contribution is -2.50. The molecular formula is C23H28N4O2. The molecule has 2 amide bonds. The van der Waals surface area contributed by atoms with Gasteiger partial charge in [0.15, 0.2) is 0 Å². The Morgan fingerprint density at radius 1 is 1.07 bits per heavy atom. The molecule has 2 heterocycles. The number of para-hydroxylation sites is 3. The van der Waals surface area contributed by atoms with Crippen molar-refractivity contribution in [3.05, 3.63) is 54.1 Å². The molecule has 1 fully saturated rings. The van der Waals surface area contributed by atoms with Crippen LogP contribution in [0.2, 0.25) is 0 Å². The van der Waals surface area contributed by atoms with Crippen molar-refractivity contribution >= 4 is 28.9 Å². The molecule has 2 aromatic carbocycles. The number of hydrogen-bond donors (Lipinski definition) is 1. The lowest BCUT2D eigenvalue weighted by Gasteiger charge is -2.34. The first-order valence-corrected chi connectivity index (χ1v) is 10.3. The fraction of sp³-hybridized carbons (Fsp3) is 0.391. The Morgan fingerprint density at radius 3 is 2.48 bits per heavy atom. The SMILES string of the molecule is C[C@@H](C(=O)N1CC(=O)Nc2ccccc21)N(C)Cc1ccccc1N1CCCC1. The molecule has 4 rings (SSSR count). The average Bonchev–Trinajstić information content (AvgIpc) is 3.27. The Hall–Kier alpha value is -2.86. The number of benzene rings is 2. The number of fused-ring (bicyclic) bond motifs is 1. The van der Waals surface area contributed by atoms with E-state index in [4.69, 9.17) is 0 Å². The first-order chi connectivity index (χ1) is 14.0. The molecule has 0 radical (unpaired) electrons. The van der Waals surface area contributed by atoms with Crippen molar-refractivity contribution in [3.8, 4) is 0 Å². The average molecular weight is 393 g/mol. The summed E-state index contributed by atoms with van der Waals surface area (Å²) in [5.74, 6) is -0.222. The topological polar surface area (TPSA) is 55.9 Å². The van der Waals surface area contributed by atoms with Crippen LogP contribution in [0.25, 0.3) is 0 Å². The Bertz CT molecular complexity index is 907. The number of amides is 2. The van der Waals surface area contributed by atoms with E-state index in [1.165, 1.54) is 24.1 Å². The second-order valence-electron chi connectivity index (χ2n) is 7.90. The summed E-state index contributed by atoms with van der Waals surface area (Å²) in [6, 6.07) is 15.6. The minimum Gasteiger partial charge on any atom is -0.371 e. The highest BCUT2D eigenvalue weighted by molar-refractivity contribution is 6.11. The molecule has 2 aromatic rings. The standard InChI is InChI=1S/C23H28N4O2/c1-17(23(29)27-16-22(28)24-19-10-4-6-12-21(19)27)25(2)15-18-9-3-5-11-20(18)26-13-7-8-14-26/h3-6,9-12,17H,7-8,13-16H2,1-2H3,(H,24,28)/t17-/m0/s1. The predicted octanol–water partition coefficient (Wildman–Crippen LogP) is 3.09. The third kappa shape index (κ3) is 3.98. The highest BCUT2D eigenvalue weighted by Crippen LogP contribution is 2.30. The Kier molecular flexibility index (Phi) is 5.53. The third-order valence-electron chi connectivity index (χ3n) is 5.91. The van der Waals surface area contributed by atoms with Gasteiger partial charge < -0.3 is 10.2 Å². The summed E-state index contributed by atoms with van der Waals surface area (Å²) in [7, 11) is 1.97. The summed E-state index contributed by atoms with van der Waals surface area (Å²) in [6.45, 7) is 4.83. The van der Waals surface area contributed by atoms with Crippen LogP contribution >= 0.6 is 0 Å². The summed E-state index contributed by atoms with van der Waals surface area (Å²) in [4.78, 5) is 31.5. The van der Waals surface area contributed by atoms with Crippen molar-refractivity contribution in [2.24, 2.45) is 0 Å². The molecule has 1 atom stereocenters. The van der Waals surface area contributed by atoms with E-state index < -0.39 is 0 Å². The Balaban J connectivity index is 1.51. The Labute approximate surface area is 172 Å². The number of carbonyl (C=O) groups excluding carboxylic acids is 2. The number of anilines is 3. The molecule has 0 spiro atoms. The molecule has 152 valence electrons. The van der Waals surface area contributed by atoms with Crippen LogP contribution in [0, 0.1) is 0 Å². The van der Waals surface area contributed by atoms with Crippen LogP contribution in [0.3, 0.4) is 0 Å². The molecular weight excluding hydrogens is 364 g/mol. The van der Waals surface area contributed by atoms with Gasteiger partial charge in [0, 0.05) is 25.3 Å². The number of likely N-dealkylation sites (N-methyl/N-ethyl adjacent to an activating group) is 1. The van der Waals surface area contributed by atoms with Gasteiger partial charge >= 0.3 is 0 Å². The van der Waals surface area contributed by atoms with Crippen LogP contribution in [0.5, 0.6) is 0 Å². The van der Waals surface area contributed by atoms with E-state index >= 15 is 0 Å². The van der Waals surface area contributed by atoms with E-state index in [-0.39, 0.29) is 24.4 Å². The number of carbonyl (C=O) groups is 2. The van der Waals surface area contributed by atoms with Crippen LogP contribution in [0.4, 0.5) is 17.1 Å². The number of nitrogens with one attached hydrogen (secondary N) is 1. The van der Waals surface area contributed by atoms with Gasteiger partial charge in [-0.1, -0.05) is 30.3 Å². The van der Waals surface area contributed by atoms with Gasteiger partial charge in [-0.3, -0.25) is 19.4 Å². The molecule has 6 nitrogen and oxygen atoms in total. The molecule has 0 bridgehead atoms. The lowest BCUT2D eigenvalue weighted by molar-refractivity contribution is -0.125. The second kappa shape index (κ2) is 8.25. The van der Waals surface area contributed by atoms with Gasteiger partial charge in [-0.15, -0.1) is 0 Å². The van der Waals surface area contributed by atoms with Crippen LogP contribution in [-0.4, -0.2) is 49.4 Å². The highest BCUT2D eigenvalue weighted by Gasteiger charge is 2.31. The van der Waals surface area contributed by atoms with E-state index in [0.29, 0.717) is 12.2 Å². The highest BCUT2D eigenvalue weighted by atomic mass is 16.2. The first-order valence-electron chi connectivity index (χ1n) is 10.3. The quantitative estimate of drug-likeness (QED) is 0.850. The van der Waals surface area contributed by atoms with Crippen molar-refractivity contribution in [2.45, 2.75) is 32.4 Å². The molecule has 2 aliphatic heterocycles. The van der Waals surface area contributed by atoms with Crippen molar-refractivity contribution in [1.82, 2.24) is 4.90 Å². The largest absolute Gasteiger partial charge is 0.371 e. The minimum atomic E-state index is -0.347. The summed E-state index contributed by atoms with van der Waals surface area (Å²) in [5.41, 5.74) is 3.94.